The minimum Gasteiger partial charge on any atom is -0.493 e. The van der Waals surface area contributed by atoms with E-state index in [0.717, 1.165) is 18.1 Å². The Kier molecular flexibility index (Phi) is 4.26. The molecule has 0 bridgehead atoms. The number of aryl methyl sites for hydroxylation is 1. The van der Waals surface area contributed by atoms with Crippen molar-refractivity contribution >= 4 is 12.4 Å². The van der Waals surface area contributed by atoms with E-state index < -0.39 is 0 Å². The minimum absolute atomic E-state index is 0. The van der Waals surface area contributed by atoms with Crippen molar-refractivity contribution in [2.45, 2.75) is 31.7 Å². The molecular formula is C15H22ClNO2. The van der Waals surface area contributed by atoms with Crippen molar-refractivity contribution in [2.75, 3.05) is 27.3 Å². The summed E-state index contributed by atoms with van der Waals surface area (Å²) in [5.74, 6) is 2.46. The number of halogens is 1. The lowest BCUT2D eigenvalue weighted by molar-refractivity contribution is 0.0844. The Labute approximate surface area is 121 Å². The number of nitrogens with zero attached hydrogens (tertiary/aromatic N) is 1. The molecule has 19 heavy (non-hydrogen) atoms. The molecule has 3 nitrogen and oxygen atoms in total. The first-order chi connectivity index (χ1) is 8.72. The maximum Gasteiger partial charge on any atom is 0.165 e. The number of rotatable bonds is 1. The third-order valence-corrected chi connectivity index (χ3v) is 4.42. The van der Waals surface area contributed by atoms with Gasteiger partial charge in [0, 0.05) is 11.5 Å². The molecule has 0 aromatic heterocycles. The van der Waals surface area contributed by atoms with Crippen LogP contribution in [0.5, 0.6) is 11.5 Å². The van der Waals surface area contributed by atoms with Crippen LogP contribution in [0.4, 0.5) is 0 Å². The highest BCUT2D eigenvalue weighted by Crippen LogP contribution is 2.46. The van der Waals surface area contributed by atoms with Gasteiger partial charge >= 0.3 is 0 Å². The lowest BCUT2D eigenvalue weighted by atomic mass is 9.80. The summed E-state index contributed by atoms with van der Waals surface area (Å²) in [5, 5.41) is 0. The van der Waals surface area contributed by atoms with E-state index in [9.17, 15) is 0 Å². The molecule has 0 unspecified atom stereocenters. The summed E-state index contributed by atoms with van der Waals surface area (Å²) in [4.78, 5) is 2.44. The largest absolute Gasteiger partial charge is 0.493 e. The van der Waals surface area contributed by atoms with Crippen molar-refractivity contribution in [3.8, 4) is 11.5 Å². The van der Waals surface area contributed by atoms with Gasteiger partial charge in [-0.25, -0.2) is 0 Å². The highest BCUT2D eigenvalue weighted by Gasteiger charge is 2.38. The quantitative estimate of drug-likeness (QED) is 0.791. The van der Waals surface area contributed by atoms with E-state index in [-0.39, 0.29) is 12.4 Å². The van der Waals surface area contributed by atoms with Gasteiger partial charge in [-0.3, -0.25) is 4.90 Å². The molecule has 3 rings (SSSR count). The van der Waals surface area contributed by atoms with Crippen LogP contribution in [0.2, 0.25) is 0 Å². The third kappa shape index (κ3) is 2.30. The lowest BCUT2D eigenvalue weighted by Gasteiger charge is -2.43. The number of benzene rings is 1. The van der Waals surface area contributed by atoms with E-state index in [2.05, 4.69) is 24.9 Å². The number of likely N-dealkylation sites (tertiary alicyclic amines) is 1. The normalized spacial score (nSPS) is 25.6. The zero-order valence-electron chi connectivity index (χ0n) is 11.8. The van der Waals surface area contributed by atoms with Gasteiger partial charge < -0.3 is 9.47 Å². The summed E-state index contributed by atoms with van der Waals surface area (Å²) in [6.07, 6.45) is 2.53. The van der Waals surface area contributed by atoms with Crippen LogP contribution in [0, 0.1) is 6.92 Å². The van der Waals surface area contributed by atoms with Crippen LogP contribution in [-0.2, 0) is 0 Å². The Balaban J connectivity index is 0.00000133. The SMILES string of the molecule is COc1ccc(C)c2c1OC[C@@H]1[C@@H]2CCCN1C.Cl. The minimum atomic E-state index is 0. The zero-order valence-corrected chi connectivity index (χ0v) is 12.6. The fraction of sp³-hybridized carbons (Fsp3) is 0.600. The third-order valence-electron chi connectivity index (χ3n) is 4.42. The number of piperidine rings is 1. The molecule has 1 aromatic rings. The first-order valence-corrected chi connectivity index (χ1v) is 6.73. The molecule has 106 valence electrons. The van der Waals surface area contributed by atoms with E-state index >= 15 is 0 Å². The summed E-state index contributed by atoms with van der Waals surface area (Å²) in [6.45, 7) is 4.15. The van der Waals surface area contributed by atoms with Gasteiger partial charge in [-0.2, -0.15) is 0 Å². The molecule has 0 radical (unpaired) electrons. The van der Waals surface area contributed by atoms with Crippen LogP contribution >= 0.6 is 12.4 Å². The van der Waals surface area contributed by atoms with Crippen LogP contribution in [0.3, 0.4) is 0 Å². The molecule has 2 heterocycles. The molecule has 0 spiro atoms. The summed E-state index contributed by atoms with van der Waals surface area (Å²) in [7, 11) is 3.92. The first kappa shape index (κ1) is 14.5. The van der Waals surface area contributed by atoms with E-state index in [1.54, 1.807) is 7.11 Å². The van der Waals surface area contributed by atoms with Crippen molar-refractivity contribution in [2.24, 2.45) is 0 Å². The smallest absolute Gasteiger partial charge is 0.165 e. The van der Waals surface area contributed by atoms with Crippen molar-refractivity contribution in [1.82, 2.24) is 4.90 Å². The van der Waals surface area contributed by atoms with E-state index in [1.165, 1.54) is 30.5 Å². The average Bonchev–Trinajstić information content (AvgIpc) is 2.39. The maximum absolute atomic E-state index is 6.00. The number of fused-ring (bicyclic) bond motifs is 3. The van der Waals surface area contributed by atoms with Crippen LogP contribution in [-0.4, -0.2) is 38.3 Å². The molecule has 0 N–H and O–H groups in total. The van der Waals surface area contributed by atoms with Gasteiger partial charge in [-0.1, -0.05) is 6.07 Å². The van der Waals surface area contributed by atoms with E-state index in [0.29, 0.717) is 12.0 Å². The second kappa shape index (κ2) is 5.59. The highest BCUT2D eigenvalue weighted by molar-refractivity contribution is 5.85. The van der Waals surface area contributed by atoms with Crippen molar-refractivity contribution in [1.29, 1.82) is 0 Å². The summed E-state index contributed by atoms with van der Waals surface area (Å²) in [6, 6.07) is 4.69. The number of likely N-dealkylation sites (N-methyl/N-ethyl adjacent to an activating group) is 1. The standard InChI is InChI=1S/C15H21NO2.ClH/c1-10-6-7-13(17-3)15-14(10)11-5-4-8-16(2)12(11)9-18-15;/h6-7,11-12H,4-5,8-9H2,1-3H3;1H/t11-,12+;/m0./s1. The van der Waals surface area contributed by atoms with Gasteiger partial charge in [-0.05, 0) is 45.0 Å². The molecule has 0 amide bonds. The zero-order chi connectivity index (χ0) is 12.7. The second-order valence-electron chi connectivity index (χ2n) is 5.44. The van der Waals surface area contributed by atoms with Crippen LogP contribution in [0.25, 0.3) is 0 Å². The number of hydrogen-bond acceptors (Lipinski definition) is 3. The van der Waals surface area contributed by atoms with Crippen LogP contribution < -0.4 is 9.47 Å². The lowest BCUT2D eigenvalue weighted by Crippen LogP contribution is -2.47. The Morgan fingerprint density at radius 2 is 2.16 bits per heavy atom. The molecular weight excluding hydrogens is 262 g/mol. The van der Waals surface area contributed by atoms with Gasteiger partial charge in [0.15, 0.2) is 11.5 Å². The Hall–Kier alpha value is -0.930. The molecule has 2 atom stereocenters. The fourth-order valence-corrected chi connectivity index (χ4v) is 3.42. The first-order valence-electron chi connectivity index (χ1n) is 6.73. The molecule has 2 aliphatic rings. The van der Waals surface area contributed by atoms with Crippen molar-refractivity contribution < 1.29 is 9.47 Å². The summed E-state index contributed by atoms with van der Waals surface area (Å²) >= 11 is 0. The van der Waals surface area contributed by atoms with Gasteiger partial charge in [-0.15, -0.1) is 12.4 Å². The summed E-state index contributed by atoms with van der Waals surface area (Å²) < 4.78 is 11.4. The van der Waals surface area contributed by atoms with Crippen LogP contribution in [0.15, 0.2) is 12.1 Å². The molecule has 1 aromatic carbocycles. The molecule has 1 saturated heterocycles. The van der Waals surface area contributed by atoms with Gasteiger partial charge in [0.05, 0.1) is 13.2 Å². The van der Waals surface area contributed by atoms with E-state index in [4.69, 9.17) is 9.47 Å². The second-order valence-corrected chi connectivity index (χ2v) is 5.44. The van der Waals surface area contributed by atoms with Crippen molar-refractivity contribution in [3.05, 3.63) is 23.3 Å². The Morgan fingerprint density at radius 1 is 1.37 bits per heavy atom. The Morgan fingerprint density at radius 3 is 2.89 bits per heavy atom. The molecule has 4 heteroatoms. The molecule has 0 aliphatic carbocycles. The van der Waals surface area contributed by atoms with Gasteiger partial charge in [0.2, 0.25) is 0 Å². The predicted molar refractivity (Wildman–Crippen MR) is 78.9 cm³/mol. The Bertz CT molecular complexity index is 464. The maximum atomic E-state index is 6.00. The predicted octanol–water partition coefficient (Wildman–Crippen LogP) is 3.00. The summed E-state index contributed by atoms with van der Waals surface area (Å²) in [5.41, 5.74) is 2.70. The highest BCUT2D eigenvalue weighted by atomic mass is 35.5. The molecule has 0 saturated carbocycles. The monoisotopic (exact) mass is 283 g/mol. The number of methoxy groups -OCH3 is 1. The topological polar surface area (TPSA) is 21.7 Å². The average molecular weight is 284 g/mol. The molecule has 1 fully saturated rings. The van der Waals surface area contributed by atoms with Gasteiger partial charge in [0.25, 0.3) is 0 Å². The molecule has 2 aliphatic heterocycles. The number of hydrogen-bond donors (Lipinski definition) is 0. The fourth-order valence-electron chi connectivity index (χ4n) is 3.42. The van der Waals surface area contributed by atoms with E-state index in [1.807, 2.05) is 6.07 Å². The van der Waals surface area contributed by atoms with Gasteiger partial charge in [0.1, 0.15) is 6.61 Å². The van der Waals surface area contributed by atoms with Crippen molar-refractivity contribution in [3.63, 3.8) is 0 Å². The van der Waals surface area contributed by atoms with Crippen LogP contribution in [0.1, 0.15) is 29.9 Å². The number of ether oxygens (including phenoxy) is 2.